The summed E-state index contributed by atoms with van der Waals surface area (Å²) < 4.78 is 16.1. The van der Waals surface area contributed by atoms with Crippen molar-refractivity contribution in [2.24, 2.45) is 0 Å². The van der Waals surface area contributed by atoms with Crippen LogP contribution in [0.15, 0.2) is 12.1 Å². The van der Waals surface area contributed by atoms with E-state index in [4.69, 9.17) is 19.9 Å². The second-order valence-electron chi connectivity index (χ2n) is 6.42. The lowest BCUT2D eigenvalue weighted by Crippen LogP contribution is -2.05. The average Bonchev–Trinajstić information content (AvgIpc) is 3.02. The van der Waals surface area contributed by atoms with Gasteiger partial charge in [-0.05, 0) is 43.5 Å². The zero-order valence-corrected chi connectivity index (χ0v) is 17.7. The highest BCUT2D eigenvalue weighted by atomic mass is 32.1. The Kier molecular flexibility index (Phi) is 5.47. The normalized spacial score (nSPS) is 10.9. The fourth-order valence-electron chi connectivity index (χ4n) is 3.55. The average molecular weight is 401 g/mol. The maximum Gasteiger partial charge on any atom is 0.205 e. The number of benzene rings is 1. The number of aryl methyl sites for hydroxylation is 2. The molecule has 0 saturated carbocycles. The Morgan fingerprint density at radius 2 is 1.71 bits per heavy atom. The van der Waals surface area contributed by atoms with Gasteiger partial charge in [-0.25, -0.2) is 4.98 Å². The number of carbonyl (C=O) groups excluding carboxylic acids is 1. The molecule has 1 aromatic carbocycles. The van der Waals surface area contributed by atoms with E-state index in [0.29, 0.717) is 33.4 Å². The van der Waals surface area contributed by atoms with Crippen molar-refractivity contribution >= 4 is 33.0 Å². The number of fused-ring (bicyclic) bond motifs is 1. The molecule has 3 rings (SSSR count). The maximum atomic E-state index is 13.3. The molecule has 2 aromatic heterocycles. The molecular formula is C21H24N2O4S. The first-order chi connectivity index (χ1) is 13.4. The molecule has 0 amide bonds. The number of carbonyl (C=O) groups is 1. The summed E-state index contributed by atoms with van der Waals surface area (Å²) in [5, 5.41) is 0.864. The van der Waals surface area contributed by atoms with Crippen LogP contribution in [0.5, 0.6) is 17.2 Å². The lowest BCUT2D eigenvalue weighted by Gasteiger charge is -2.13. The molecule has 2 N–H and O–H groups in total. The molecule has 0 spiro atoms. The molecule has 0 radical (unpaired) electrons. The predicted molar refractivity (Wildman–Crippen MR) is 112 cm³/mol. The Morgan fingerprint density at radius 1 is 1.11 bits per heavy atom. The van der Waals surface area contributed by atoms with Crippen LogP contribution in [-0.4, -0.2) is 32.1 Å². The summed E-state index contributed by atoms with van der Waals surface area (Å²) in [6.07, 6.45) is 0.867. The monoisotopic (exact) mass is 400 g/mol. The third-order valence-corrected chi connectivity index (χ3v) is 6.05. The van der Waals surface area contributed by atoms with Gasteiger partial charge in [0.1, 0.15) is 9.71 Å². The first-order valence-electron chi connectivity index (χ1n) is 8.90. The van der Waals surface area contributed by atoms with E-state index < -0.39 is 0 Å². The van der Waals surface area contributed by atoms with E-state index in [0.717, 1.165) is 27.9 Å². The number of hydrogen-bond donors (Lipinski definition) is 1. The number of pyridine rings is 1. The number of thiophene rings is 1. The second-order valence-corrected chi connectivity index (χ2v) is 7.42. The fourth-order valence-corrected chi connectivity index (χ4v) is 4.71. The van der Waals surface area contributed by atoms with Gasteiger partial charge in [-0.3, -0.25) is 4.79 Å². The highest BCUT2D eigenvalue weighted by Gasteiger charge is 2.24. The van der Waals surface area contributed by atoms with Crippen molar-refractivity contribution in [3.8, 4) is 17.2 Å². The Labute approximate surface area is 168 Å². The molecule has 3 aromatic rings. The van der Waals surface area contributed by atoms with E-state index >= 15 is 0 Å². The van der Waals surface area contributed by atoms with Crippen molar-refractivity contribution in [2.75, 3.05) is 27.1 Å². The molecule has 0 aliphatic heterocycles. The van der Waals surface area contributed by atoms with Crippen LogP contribution in [0.2, 0.25) is 0 Å². The number of nitrogens with zero attached hydrogens (tertiary/aromatic N) is 1. The minimum absolute atomic E-state index is 0.199. The molecule has 0 fully saturated rings. The third-order valence-electron chi connectivity index (χ3n) is 4.95. The van der Waals surface area contributed by atoms with Crippen LogP contribution in [0.1, 0.15) is 39.0 Å². The molecular weight excluding hydrogens is 376 g/mol. The number of hydrogen-bond acceptors (Lipinski definition) is 7. The Balaban J connectivity index is 2.19. The minimum Gasteiger partial charge on any atom is -0.493 e. The van der Waals surface area contributed by atoms with Gasteiger partial charge in [-0.2, -0.15) is 0 Å². The SMILES string of the molecule is CCc1c(C)nc2sc(C(=O)c3cc(OC)c(OC)c(OC)c3)c(N)c2c1C. The number of rotatable bonds is 6. The number of nitrogens with two attached hydrogens (primary N) is 1. The van der Waals surface area contributed by atoms with E-state index in [1.807, 2.05) is 13.8 Å². The largest absolute Gasteiger partial charge is 0.493 e. The van der Waals surface area contributed by atoms with Crippen LogP contribution in [0.4, 0.5) is 5.69 Å². The summed E-state index contributed by atoms with van der Waals surface area (Å²) in [6, 6.07) is 3.27. The van der Waals surface area contributed by atoms with Gasteiger partial charge in [0.15, 0.2) is 11.5 Å². The fraction of sp³-hybridized carbons (Fsp3) is 0.333. The van der Waals surface area contributed by atoms with Gasteiger partial charge in [-0.1, -0.05) is 6.92 Å². The van der Waals surface area contributed by atoms with Crippen LogP contribution in [0.3, 0.4) is 0 Å². The number of anilines is 1. The summed E-state index contributed by atoms with van der Waals surface area (Å²) in [5.41, 5.74) is 10.5. The van der Waals surface area contributed by atoms with Gasteiger partial charge in [0.2, 0.25) is 11.5 Å². The molecule has 7 heteroatoms. The van der Waals surface area contributed by atoms with E-state index in [1.165, 1.54) is 38.2 Å². The van der Waals surface area contributed by atoms with E-state index in [-0.39, 0.29) is 5.78 Å². The summed E-state index contributed by atoms with van der Waals surface area (Å²) >= 11 is 1.31. The highest BCUT2D eigenvalue weighted by Crippen LogP contribution is 2.41. The predicted octanol–water partition coefficient (Wildman–Crippen LogP) is 4.31. The number of ether oxygens (including phenoxy) is 3. The molecule has 0 unspecified atom stereocenters. The number of methoxy groups -OCH3 is 3. The van der Waals surface area contributed by atoms with Crippen LogP contribution in [0.25, 0.3) is 10.2 Å². The van der Waals surface area contributed by atoms with Gasteiger partial charge < -0.3 is 19.9 Å². The smallest absolute Gasteiger partial charge is 0.205 e. The van der Waals surface area contributed by atoms with Crippen LogP contribution in [0, 0.1) is 13.8 Å². The Morgan fingerprint density at radius 3 is 2.21 bits per heavy atom. The molecule has 28 heavy (non-hydrogen) atoms. The molecule has 148 valence electrons. The molecule has 0 aliphatic carbocycles. The second kappa shape index (κ2) is 7.67. The molecule has 0 aliphatic rings. The van der Waals surface area contributed by atoms with Crippen molar-refractivity contribution in [1.82, 2.24) is 4.98 Å². The number of nitrogen functional groups attached to an aromatic ring is 1. The first kappa shape index (κ1) is 19.9. The molecule has 6 nitrogen and oxygen atoms in total. The first-order valence-corrected chi connectivity index (χ1v) is 9.72. The zero-order chi connectivity index (χ0) is 20.6. The van der Waals surface area contributed by atoms with Gasteiger partial charge in [0, 0.05) is 16.6 Å². The minimum atomic E-state index is -0.199. The lowest BCUT2D eigenvalue weighted by atomic mass is 10.0. The van der Waals surface area contributed by atoms with E-state index in [1.54, 1.807) is 12.1 Å². The summed E-state index contributed by atoms with van der Waals surface area (Å²) in [7, 11) is 4.55. The lowest BCUT2D eigenvalue weighted by molar-refractivity contribution is 0.104. The highest BCUT2D eigenvalue weighted by molar-refractivity contribution is 7.21. The van der Waals surface area contributed by atoms with Crippen molar-refractivity contribution in [3.05, 3.63) is 39.4 Å². The van der Waals surface area contributed by atoms with Crippen molar-refractivity contribution in [3.63, 3.8) is 0 Å². The molecule has 0 bridgehead atoms. The van der Waals surface area contributed by atoms with Gasteiger partial charge >= 0.3 is 0 Å². The molecule has 2 heterocycles. The Bertz CT molecular complexity index is 1050. The van der Waals surface area contributed by atoms with Gasteiger partial charge in [0.25, 0.3) is 0 Å². The summed E-state index contributed by atoms with van der Waals surface area (Å²) in [4.78, 5) is 19.2. The van der Waals surface area contributed by atoms with Crippen molar-refractivity contribution in [2.45, 2.75) is 27.2 Å². The topological polar surface area (TPSA) is 83.7 Å². The number of ketones is 1. The summed E-state index contributed by atoms with van der Waals surface area (Å²) in [6.45, 7) is 6.11. The third kappa shape index (κ3) is 3.05. The standard InChI is InChI=1S/C21H24N2O4S/c1-7-13-10(2)16-17(22)20(28-21(16)23-11(13)3)18(24)12-8-14(25-4)19(27-6)15(9-12)26-5/h8-9H,7,22H2,1-6H3. The van der Waals surface area contributed by atoms with Crippen molar-refractivity contribution < 1.29 is 19.0 Å². The zero-order valence-electron chi connectivity index (χ0n) is 16.9. The van der Waals surface area contributed by atoms with Crippen molar-refractivity contribution in [1.29, 1.82) is 0 Å². The van der Waals surface area contributed by atoms with Crippen LogP contribution < -0.4 is 19.9 Å². The maximum absolute atomic E-state index is 13.3. The van der Waals surface area contributed by atoms with Gasteiger partial charge in [-0.15, -0.1) is 11.3 Å². The molecule has 0 atom stereocenters. The van der Waals surface area contributed by atoms with Gasteiger partial charge in [0.05, 0.1) is 27.0 Å². The van der Waals surface area contributed by atoms with E-state index in [2.05, 4.69) is 11.9 Å². The summed E-state index contributed by atoms with van der Waals surface area (Å²) in [5.74, 6) is 1.08. The van der Waals surface area contributed by atoms with Crippen LogP contribution in [-0.2, 0) is 6.42 Å². The number of aromatic nitrogens is 1. The van der Waals surface area contributed by atoms with E-state index in [9.17, 15) is 4.79 Å². The quantitative estimate of drug-likeness (QED) is 0.621. The molecule has 0 saturated heterocycles. The Hall–Kier alpha value is -2.80. The van der Waals surface area contributed by atoms with Crippen LogP contribution >= 0.6 is 11.3 Å².